The number of halogens is 2. The Hall–Kier alpha value is -3.12. The van der Waals surface area contributed by atoms with E-state index in [0.717, 1.165) is 28.6 Å². The smallest absolute Gasteiger partial charge is 0.283 e. The Morgan fingerprint density at radius 3 is 1.75 bits per heavy atom. The molecule has 0 aliphatic carbocycles. The molecular weight excluding hydrogens is 576 g/mol. The summed E-state index contributed by atoms with van der Waals surface area (Å²) < 4.78 is 84.8. The molecule has 0 spiro atoms. The van der Waals surface area contributed by atoms with E-state index in [2.05, 4.69) is 5.32 Å². The van der Waals surface area contributed by atoms with Crippen LogP contribution in [0.4, 0.5) is 20.2 Å². The molecule has 3 rings (SSSR count). The molecule has 0 amide bonds. The molecule has 2 atom stereocenters. The summed E-state index contributed by atoms with van der Waals surface area (Å²) in [6.07, 6.45) is -3.51. The summed E-state index contributed by atoms with van der Waals surface area (Å²) in [5, 5.41) is 25.0. The van der Waals surface area contributed by atoms with Crippen molar-refractivity contribution in [3.63, 3.8) is 0 Å². The van der Waals surface area contributed by atoms with Crippen LogP contribution in [-0.2, 0) is 20.0 Å². The predicted octanol–water partition coefficient (Wildman–Crippen LogP) is 3.33. The molecule has 0 saturated carbocycles. The fourth-order valence-electron chi connectivity index (χ4n) is 4.30. The number of nitrogens with zero attached hydrogens (tertiary/aromatic N) is 4. The van der Waals surface area contributed by atoms with Crippen molar-refractivity contribution >= 4 is 31.4 Å². The SMILES string of the molecule is O=[N+]([O-])c1ccccc1S(=O)(=O)N1CCCCCCCN(S(=O)(=O)c2ccccc2[N+](=O)[O-])C(F)C(F)NCC1. The fourth-order valence-corrected chi connectivity index (χ4v) is 7.59. The minimum Gasteiger partial charge on any atom is -0.283 e. The summed E-state index contributed by atoms with van der Waals surface area (Å²) in [4.78, 5) is 19.7. The third-order valence-electron chi connectivity index (χ3n) is 6.33. The van der Waals surface area contributed by atoms with E-state index in [0.29, 0.717) is 25.7 Å². The monoisotopic (exact) mass is 605 g/mol. The van der Waals surface area contributed by atoms with Crippen LogP contribution in [0, 0.1) is 20.2 Å². The van der Waals surface area contributed by atoms with Gasteiger partial charge in [0.15, 0.2) is 16.1 Å². The van der Waals surface area contributed by atoms with Crippen LogP contribution in [0.15, 0.2) is 58.3 Å². The Morgan fingerprint density at radius 1 is 0.725 bits per heavy atom. The highest BCUT2D eigenvalue weighted by Crippen LogP contribution is 2.30. The molecule has 0 bridgehead atoms. The van der Waals surface area contributed by atoms with E-state index in [1.54, 1.807) is 0 Å². The molecular formula is C23H29F2N5O8S2. The first-order valence-electron chi connectivity index (χ1n) is 12.4. The maximum atomic E-state index is 15.4. The zero-order chi connectivity index (χ0) is 29.5. The minimum atomic E-state index is -4.84. The number of nitro benzene ring substituents is 2. The van der Waals surface area contributed by atoms with Gasteiger partial charge < -0.3 is 0 Å². The predicted molar refractivity (Wildman–Crippen MR) is 140 cm³/mol. The zero-order valence-electron chi connectivity index (χ0n) is 21.3. The number of benzene rings is 2. The van der Waals surface area contributed by atoms with Gasteiger partial charge in [0.05, 0.1) is 9.85 Å². The first-order chi connectivity index (χ1) is 18.9. The molecule has 2 aromatic carbocycles. The molecule has 0 aromatic heterocycles. The van der Waals surface area contributed by atoms with E-state index >= 15 is 8.78 Å². The van der Waals surface area contributed by atoms with Crippen molar-refractivity contribution in [2.75, 3.05) is 26.2 Å². The second kappa shape index (κ2) is 13.5. The van der Waals surface area contributed by atoms with Gasteiger partial charge in [-0.2, -0.15) is 8.61 Å². The average molecular weight is 606 g/mol. The molecule has 220 valence electrons. The van der Waals surface area contributed by atoms with Crippen molar-refractivity contribution in [1.82, 2.24) is 13.9 Å². The molecule has 13 nitrogen and oxygen atoms in total. The topological polar surface area (TPSA) is 173 Å². The molecule has 17 heteroatoms. The van der Waals surface area contributed by atoms with Crippen molar-refractivity contribution in [3.8, 4) is 0 Å². The number of alkyl halides is 2. The number of para-hydroxylation sites is 2. The molecule has 2 aromatic rings. The van der Waals surface area contributed by atoms with Crippen LogP contribution < -0.4 is 5.32 Å². The minimum absolute atomic E-state index is 0.0236. The number of hydrogen-bond donors (Lipinski definition) is 1. The number of nitro groups is 2. The second-order valence-electron chi connectivity index (χ2n) is 8.97. The molecule has 1 aliphatic heterocycles. The van der Waals surface area contributed by atoms with Crippen LogP contribution in [0.25, 0.3) is 0 Å². The van der Waals surface area contributed by atoms with Crippen LogP contribution in [0.2, 0.25) is 0 Å². The van der Waals surface area contributed by atoms with E-state index in [1.165, 1.54) is 24.3 Å². The number of sulfonamides is 2. The average Bonchev–Trinajstić information content (AvgIpc) is 2.92. The molecule has 1 saturated heterocycles. The van der Waals surface area contributed by atoms with Gasteiger partial charge in [0.2, 0.25) is 16.3 Å². The quantitative estimate of drug-likeness (QED) is 0.294. The highest BCUT2D eigenvalue weighted by molar-refractivity contribution is 7.89. The van der Waals surface area contributed by atoms with Gasteiger partial charge in [-0.25, -0.2) is 25.6 Å². The van der Waals surface area contributed by atoms with E-state index < -0.39 is 83.3 Å². The summed E-state index contributed by atoms with van der Waals surface area (Å²) in [6, 6.07) is 9.16. The third kappa shape index (κ3) is 7.14. The van der Waals surface area contributed by atoms with Crippen LogP contribution in [0.1, 0.15) is 32.1 Å². The lowest BCUT2D eigenvalue weighted by Crippen LogP contribution is -2.50. The van der Waals surface area contributed by atoms with Gasteiger partial charge in [-0.15, -0.1) is 0 Å². The Labute approximate surface area is 230 Å². The van der Waals surface area contributed by atoms with Gasteiger partial charge in [0, 0.05) is 38.3 Å². The van der Waals surface area contributed by atoms with E-state index in [-0.39, 0.29) is 17.3 Å². The van der Waals surface area contributed by atoms with E-state index in [1.807, 2.05) is 0 Å². The Bertz CT molecular complexity index is 1430. The lowest BCUT2D eigenvalue weighted by atomic mass is 10.1. The lowest BCUT2D eigenvalue weighted by Gasteiger charge is -2.29. The highest BCUT2D eigenvalue weighted by Gasteiger charge is 2.40. The van der Waals surface area contributed by atoms with Crippen molar-refractivity contribution in [1.29, 1.82) is 0 Å². The Morgan fingerprint density at radius 2 is 1.20 bits per heavy atom. The van der Waals surface area contributed by atoms with Crippen LogP contribution in [0.5, 0.6) is 0 Å². The molecule has 1 fully saturated rings. The summed E-state index contributed by atoms with van der Waals surface area (Å²) >= 11 is 0. The normalized spacial score (nSPS) is 21.4. The standard InChI is InChI=1S/C23H29F2N5O8S2/c24-22-23(25)28(40(37,38)21-13-7-5-11-19(21)30(33)34)16-9-3-1-2-8-15-27(17-14-26-22)39(35,36)20-12-6-4-10-18(20)29(31)32/h4-7,10-13,22-23,26H,1-3,8-9,14-17H2. The molecule has 40 heavy (non-hydrogen) atoms. The van der Waals surface area contributed by atoms with Crippen molar-refractivity contribution in [3.05, 3.63) is 68.8 Å². The van der Waals surface area contributed by atoms with Crippen LogP contribution in [-0.4, -0.2) is 74.1 Å². The molecule has 1 aliphatic rings. The number of rotatable bonds is 6. The Kier molecular flexibility index (Phi) is 10.6. The molecule has 2 unspecified atom stereocenters. The fraction of sp³-hybridized carbons (Fsp3) is 0.478. The maximum Gasteiger partial charge on any atom is 0.289 e. The van der Waals surface area contributed by atoms with Crippen molar-refractivity contribution < 1.29 is 35.5 Å². The summed E-state index contributed by atoms with van der Waals surface area (Å²) in [6.45, 7) is -1.31. The van der Waals surface area contributed by atoms with Gasteiger partial charge >= 0.3 is 0 Å². The van der Waals surface area contributed by atoms with Crippen molar-refractivity contribution in [2.45, 2.75) is 54.5 Å². The van der Waals surface area contributed by atoms with Gasteiger partial charge in [-0.1, -0.05) is 43.5 Å². The third-order valence-corrected chi connectivity index (χ3v) is 10.2. The summed E-state index contributed by atoms with van der Waals surface area (Å²) in [7, 11) is -9.23. The van der Waals surface area contributed by atoms with E-state index in [4.69, 9.17) is 0 Å². The van der Waals surface area contributed by atoms with Crippen molar-refractivity contribution in [2.24, 2.45) is 0 Å². The van der Waals surface area contributed by atoms with Crippen LogP contribution in [0.3, 0.4) is 0 Å². The first-order valence-corrected chi connectivity index (χ1v) is 15.3. The van der Waals surface area contributed by atoms with Gasteiger partial charge in [0.25, 0.3) is 21.4 Å². The maximum absolute atomic E-state index is 15.4. The van der Waals surface area contributed by atoms with Gasteiger partial charge in [-0.05, 0) is 25.0 Å². The molecule has 1 N–H and O–H groups in total. The zero-order valence-corrected chi connectivity index (χ0v) is 22.9. The number of nitrogens with one attached hydrogen (secondary N) is 1. The number of hydrogen-bond acceptors (Lipinski definition) is 9. The van der Waals surface area contributed by atoms with Crippen LogP contribution >= 0.6 is 0 Å². The Balaban J connectivity index is 1.87. The first kappa shape index (κ1) is 31.4. The summed E-state index contributed by atoms with van der Waals surface area (Å²) in [5.74, 6) is 0. The van der Waals surface area contributed by atoms with Gasteiger partial charge in [0.1, 0.15) is 0 Å². The second-order valence-corrected chi connectivity index (χ2v) is 12.7. The van der Waals surface area contributed by atoms with Gasteiger partial charge in [-0.3, -0.25) is 25.5 Å². The molecule has 1 heterocycles. The highest BCUT2D eigenvalue weighted by atomic mass is 32.2. The molecule has 0 radical (unpaired) electrons. The summed E-state index contributed by atoms with van der Waals surface area (Å²) in [5.41, 5.74) is -1.41. The largest absolute Gasteiger partial charge is 0.289 e. The van der Waals surface area contributed by atoms with E-state index in [9.17, 15) is 37.1 Å². The lowest BCUT2D eigenvalue weighted by molar-refractivity contribution is -0.388.